The minimum Gasteiger partial charge on any atom is -0.494 e. The lowest BCUT2D eigenvalue weighted by Crippen LogP contribution is -2.38. The summed E-state index contributed by atoms with van der Waals surface area (Å²) in [5.41, 5.74) is 1.47. The number of hydrogen-bond donors (Lipinski definition) is 2. The van der Waals surface area contributed by atoms with Crippen molar-refractivity contribution in [3.8, 4) is 5.75 Å². The first-order valence-electron chi connectivity index (χ1n) is 8.84. The number of benzene rings is 1. The van der Waals surface area contributed by atoms with Crippen molar-refractivity contribution < 1.29 is 9.47 Å². The molecular weight excluding hydrogens is 429 g/mol. The van der Waals surface area contributed by atoms with E-state index in [-0.39, 0.29) is 24.0 Å². The lowest BCUT2D eigenvalue weighted by molar-refractivity contribution is 0.153. The summed E-state index contributed by atoms with van der Waals surface area (Å²) in [6.07, 6.45) is 5.18. The number of rotatable bonds is 9. The normalized spacial score (nSPS) is 14.3. The van der Waals surface area contributed by atoms with Gasteiger partial charge in [0, 0.05) is 26.1 Å². The van der Waals surface area contributed by atoms with Gasteiger partial charge < -0.3 is 20.1 Å². The second-order valence-electron chi connectivity index (χ2n) is 5.64. The molecule has 1 aliphatic rings. The molecule has 0 atom stereocenters. The van der Waals surface area contributed by atoms with Crippen molar-refractivity contribution in [2.45, 2.75) is 26.2 Å². The molecule has 1 aromatic carbocycles. The van der Waals surface area contributed by atoms with E-state index in [4.69, 9.17) is 9.47 Å². The third kappa shape index (κ3) is 9.69. The van der Waals surface area contributed by atoms with Crippen LogP contribution < -0.4 is 15.4 Å². The largest absolute Gasteiger partial charge is 0.494 e. The summed E-state index contributed by atoms with van der Waals surface area (Å²) in [6.45, 7) is 6.88. The summed E-state index contributed by atoms with van der Waals surface area (Å²) in [7, 11) is 0. The van der Waals surface area contributed by atoms with Gasteiger partial charge in [-0.1, -0.05) is 29.8 Å². The van der Waals surface area contributed by atoms with Gasteiger partial charge in [0.25, 0.3) is 0 Å². The highest BCUT2D eigenvalue weighted by Crippen LogP contribution is 2.10. The van der Waals surface area contributed by atoms with Crippen LogP contribution in [0.4, 0.5) is 0 Å². The van der Waals surface area contributed by atoms with Crippen molar-refractivity contribution in [3.63, 3.8) is 0 Å². The summed E-state index contributed by atoms with van der Waals surface area (Å²) in [5.74, 6) is 1.79. The maximum Gasteiger partial charge on any atom is 0.191 e. The van der Waals surface area contributed by atoms with Crippen LogP contribution in [0, 0.1) is 0 Å². The third-order valence-electron chi connectivity index (χ3n) is 3.72. The Kier molecular flexibility index (Phi) is 12.1. The fraction of sp³-hybridized carbons (Fsp3) is 0.526. The van der Waals surface area contributed by atoms with Gasteiger partial charge in [-0.3, -0.25) is 4.99 Å². The Balaban J connectivity index is 0.00000312. The molecule has 2 N–H and O–H groups in total. The van der Waals surface area contributed by atoms with Crippen LogP contribution in [0.15, 0.2) is 47.0 Å². The minimum absolute atomic E-state index is 0. The zero-order chi connectivity index (χ0) is 16.9. The molecule has 1 aromatic rings. The van der Waals surface area contributed by atoms with Crippen molar-refractivity contribution in [2.24, 2.45) is 4.99 Å². The van der Waals surface area contributed by atoms with E-state index >= 15 is 0 Å². The standard InChI is InChI=1S/C19H29N3O2.HI/c1-2-20-19(22-13-9-17-10-15-23-16-11-17)21-12-6-14-24-18-7-4-3-5-8-18;/h3-5,7-8,10H,2,6,9,11-16H2,1H3,(H2,20,21,22);1H. The SMILES string of the molecule is CCNC(=NCCCOc1ccccc1)NCCC1=CCOCC1.I. The van der Waals surface area contributed by atoms with Crippen molar-refractivity contribution >= 4 is 29.9 Å². The Labute approximate surface area is 168 Å². The second-order valence-corrected chi connectivity index (χ2v) is 5.64. The van der Waals surface area contributed by atoms with Crippen LogP contribution in [0.1, 0.15) is 26.2 Å². The van der Waals surface area contributed by atoms with Gasteiger partial charge in [-0.25, -0.2) is 0 Å². The van der Waals surface area contributed by atoms with E-state index in [1.54, 1.807) is 0 Å². The molecule has 0 saturated heterocycles. The Morgan fingerprint density at radius 1 is 1.24 bits per heavy atom. The molecule has 0 aromatic heterocycles. The molecule has 0 aliphatic carbocycles. The van der Waals surface area contributed by atoms with Crippen LogP contribution in [0.25, 0.3) is 0 Å². The minimum atomic E-state index is 0. The monoisotopic (exact) mass is 459 g/mol. The highest BCUT2D eigenvalue weighted by atomic mass is 127. The van der Waals surface area contributed by atoms with E-state index in [1.165, 1.54) is 5.57 Å². The molecule has 25 heavy (non-hydrogen) atoms. The Morgan fingerprint density at radius 3 is 2.80 bits per heavy atom. The predicted molar refractivity (Wildman–Crippen MR) is 114 cm³/mol. The number of nitrogens with zero attached hydrogens (tertiary/aromatic N) is 1. The fourth-order valence-electron chi connectivity index (χ4n) is 2.44. The number of hydrogen-bond acceptors (Lipinski definition) is 3. The molecule has 1 heterocycles. The van der Waals surface area contributed by atoms with Gasteiger partial charge in [0.15, 0.2) is 5.96 Å². The van der Waals surface area contributed by atoms with Gasteiger partial charge in [0.1, 0.15) is 5.75 Å². The summed E-state index contributed by atoms with van der Waals surface area (Å²) in [5, 5.41) is 6.68. The van der Waals surface area contributed by atoms with Crippen molar-refractivity contribution in [3.05, 3.63) is 42.0 Å². The van der Waals surface area contributed by atoms with Gasteiger partial charge in [0.05, 0.1) is 19.8 Å². The number of guanidine groups is 1. The molecule has 0 fully saturated rings. The molecule has 0 amide bonds. The smallest absolute Gasteiger partial charge is 0.191 e. The predicted octanol–water partition coefficient (Wildman–Crippen LogP) is 3.37. The topological polar surface area (TPSA) is 54.9 Å². The Hall–Kier alpha value is -1.28. The molecule has 1 aliphatic heterocycles. The molecule has 0 spiro atoms. The molecule has 2 rings (SSSR count). The highest BCUT2D eigenvalue weighted by Gasteiger charge is 2.04. The molecule has 140 valence electrons. The van der Waals surface area contributed by atoms with Gasteiger partial charge in [-0.2, -0.15) is 0 Å². The molecule has 0 radical (unpaired) electrons. The lowest BCUT2D eigenvalue weighted by atomic mass is 10.1. The van der Waals surface area contributed by atoms with E-state index < -0.39 is 0 Å². The van der Waals surface area contributed by atoms with Crippen LogP contribution in [-0.4, -0.2) is 45.4 Å². The fourth-order valence-corrected chi connectivity index (χ4v) is 2.44. The van der Waals surface area contributed by atoms with E-state index in [0.29, 0.717) is 6.61 Å². The first-order valence-corrected chi connectivity index (χ1v) is 8.84. The van der Waals surface area contributed by atoms with E-state index in [0.717, 1.165) is 63.8 Å². The number of halogens is 1. The maximum atomic E-state index is 5.68. The highest BCUT2D eigenvalue weighted by molar-refractivity contribution is 14.0. The van der Waals surface area contributed by atoms with Crippen molar-refractivity contribution in [1.29, 1.82) is 0 Å². The van der Waals surface area contributed by atoms with E-state index in [2.05, 4.69) is 28.6 Å². The van der Waals surface area contributed by atoms with Crippen LogP contribution in [0.5, 0.6) is 5.75 Å². The van der Waals surface area contributed by atoms with Crippen molar-refractivity contribution in [1.82, 2.24) is 10.6 Å². The quantitative estimate of drug-likeness (QED) is 0.196. The van der Waals surface area contributed by atoms with Crippen LogP contribution >= 0.6 is 24.0 Å². The van der Waals surface area contributed by atoms with Gasteiger partial charge in [-0.15, -0.1) is 24.0 Å². The zero-order valence-corrected chi connectivity index (χ0v) is 17.3. The van der Waals surface area contributed by atoms with Crippen molar-refractivity contribution in [2.75, 3.05) is 39.5 Å². The molecule has 0 bridgehead atoms. The number of nitrogens with one attached hydrogen (secondary N) is 2. The van der Waals surface area contributed by atoms with Crippen LogP contribution in [0.3, 0.4) is 0 Å². The first kappa shape index (κ1) is 21.8. The average Bonchev–Trinajstić information content (AvgIpc) is 2.63. The second kappa shape index (κ2) is 13.9. The van der Waals surface area contributed by atoms with Gasteiger partial charge in [0.2, 0.25) is 0 Å². The number of ether oxygens (including phenoxy) is 2. The lowest BCUT2D eigenvalue weighted by Gasteiger charge is -2.15. The van der Waals surface area contributed by atoms with Gasteiger partial charge >= 0.3 is 0 Å². The zero-order valence-electron chi connectivity index (χ0n) is 15.0. The third-order valence-corrected chi connectivity index (χ3v) is 3.72. The van der Waals surface area contributed by atoms with Crippen LogP contribution in [0.2, 0.25) is 0 Å². The Morgan fingerprint density at radius 2 is 2.08 bits per heavy atom. The summed E-state index contributed by atoms with van der Waals surface area (Å²) >= 11 is 0. The first-order chi connectivity index (χ1) is 11.9. The van der Waals surface area contributed by atoms with Gasteiger partial charge in [-0.05, 0) is 31.9 Å². The van der Waals surface area contributed by atoms with E-state index in [1.807, 2.05) is 30.3 Å². The molecule has 0 saturated carbocycles. The maximum absolute atomic E-state index is 5.68. The Bertz CT molecular complexity index is 521. The summed E-state index contributed by atoms with van der Waals surface area (Å²) in [4.78, 5) is 4.60. The summed E-state index contributed by atoms with van der Waals surface area (Å²) < 4.78 is 11.0. The van der Waals surface area contributed by atoms with E-state index in [9.17, 15) is 0 Å². The molecule has 5 nitrogen and oxygen atoms in total. The number of aliphatic imine (C=N–C) groups is 1. The molecule has 0 unspecified atom stereocenters. The molecular formula is C19H30IN3O2. The molecule has 6 heteroatoms. The number of para-hydroxylation sites is 1. The average molecular weight is 459 g/mol. The van der Waals surface area contributed by atoms with Crippen LogP contribution in [-0.2, 0) is 4.74 Å². The summed E-state index contributed by atoms with van der Waals surface area (Å²) in [6, 6.07) is 9.89.